The second-order valence-corrected chi connectivity index (χ2v) is 5.55. The fraction of sp³-hybridized carbons (Fsp3) is 0.353. The summed E-state index contributed by atoms with van der Waals surface area (Å²) in [5, 5.41) is 9.44. The zero-order valence-corrected chi connectivity index (χ0v) is 13.9. The monoisotopic (exact) mass is 316 g/mol. The summed E-state index contributed by atoms with van der Waals surface area (Å²) in [5.74, 6) is 0. The van der Waals surface area contributed by atoms with Gasteiger partial charge in [-0.05, 0) is 25.0 Å². The van der Waals surface area contributed by atoms with Crippen LogP contribution in [-0.4, -0.2) is 30.9 Å². The van der Waals surface area contributed by atoms with E-state index in [9.17, 15) is 5.26 Å². The van der Waals surface area contributed by atoms with Gasteiger partial charge in [0.2, 0.25) is 0 Å². The van der Waals surface area contributed by atoms with Gasteiger partial charge in [-0.2, -0.15) is 5.26 Å². The van der Waals surface area contributed by atoms with Gasteiger partial charge in [-0.1, -0.05) is 43.1 Å². The number of nitrogens with zero attached hydrogens (tertiary/aromatic N) is 2. The van der Waals surface area contributed by atoms with E-state index in [-0.39, 0.29) is 12.8 Å². The minimum atomic E-state index is -0.0882. The summed E-state index contributed by atoms with van der Waals surface area (Å²) < 4.78 is 12.3. The van der Waals surface area contributed by atoms with Gasteiger partial charge in [0, 0.05) is 12.7 Å². The van der Waals surface area contributed by atoms with E-state index in [1.54, 1.807) is 7.11 Å². The van der Waals surface area contributed by atoms with E-state index in [2.05, 4.69) is 18.9 Å². The van der Waals surface area contributed by atoms with Crippen LogP contribution in [0.25, 0.3) is 5.70 Å². The average molecular weight is 316 g/mol. The van der Waals surface area contributed by atoms with Crippen LogP contribution in [0, 0.1) is 11.3 Å². The van der Waals surface area contributed by atoms with Gasteiger partial charge in [0.05, 0.1) is 30.0 Å². The lowest BCUT2D eigenvalue weighted by Crippen LogP contribution is -2.31. The van der Waals surface area contributed by atoms with E-state index in [4.69, 9.17) is 9.47 Å². The molecular weight excluding hydrogens is 296 g/mol. The molecular formula is C17H20N2O2S. The molecule has 0 aliphatic carbocycles. The van der Waals surface area contributed by atoms with Crippen molar-refractivity contribution in [1.82, 2.24) is 4.31 Å². The number of thiol groups is 1. The molecule has 1 unspecified atom stereocenters. The fourth-order valence-corrected chi connectivity index (χ4v) is 2.94. The van der Waals surface area contributed by atoms with Gasteiger partial charge in [0.25, 0.3) is 0 Å². The summed E-state index contributed by atoms with van der Waals surface area (Å²) in [6, 6.07) is 12.2. The van der Waals surface area contributed by atoms with Crippen molar-refractivity contribution in [3.8, 4) is 6.07 Å². The molecule has 1 aromatic carbocycles. The van der Waals surface area contributed by atoms with Crippen molar-refractivity contribution in [1.29, 1.82) is 5.26 Å². The highest BCUT2D eigenvalue weighted by Gasteiger charge is 2.30. The number of ether oxygens (including phenoxy) is 2. The van der Waals surface area contributed by atoms with Crippen LogP contribution in [0.4, 0.5) is 0 Å². The Bertz CT molecular complexity index is 632. The highest BCUT2D eigenvalue weighted by molar-refractivity contribution is 7.78. The molecule has 0 fully saturated rings. The number of rotatable bonds is 5. The summed E-state index contributed by atoms with van der Waals surface area (Å²) in [5.41, 5.74) is 4.66. The summed E-state index contributed by atoms with van der Waals surface area (Å²) in [4.78, 5) is 0. The van der Waals surface area contributed by atoms with E-state index < -0.39 is 0 Å². The quantitative estimate of drug-likeness (QED) is 0.514. The molecule has 1 aromatic rings. The van der Waals surface area contributed by atoms with Gasteiger partial charge in [-0.3, -0.25) is 0 Å². The summed E-state index contributed by atoms with van der Waals surface area (Å²) in [6.45, 7) is 4.52. The molecule has 5 heteroatoms. The van der Waals surface area contributed by atoms with Gasteiger partial charge in [-0.25, -0.2) is 0 Å². The van der Waals surface area contributed by atoms with E-state index in [0.717, 1.165) is 22.4 Å². The van der Waals surface area contributed by atoms with Gasteiger partial charge in [-0.15, -0.1) is 0 Å². The first-order valence-electron chi connectivity index (χ1n) is 7.06. The van der Waals surface area contributed by atoms with Gasteiger partial charge in [0.1, 0.15) is 6.79 Å². The van der Waals surface area contributed by atoms with E-state index in [0.29, 0.717) is 12.2 Å². The zero-order valence-electron chi connectivity index (χ0n) is 13.0. The summed E-state index contributed by atoms with van der Waals surface area (Å²) in [6.07, 6.45) is 0. The predicted octanol–water partition coefficient (Wildman–Crippen LogP) is 3.41. The van der Waals surface area contributed by atoms with E-state index in [1.165, 1.54) is 0 Å². The lowest BCUT2D eigenvalue weighted by Gasteiger charge is -2.35. The van der Waals surface area contributed by atoms with Crippen LogP contribution in [0.1, 0.15) is 19.4 Å². The molecule has 0 N–H and O–H groups in total. The average Bonchev–Trinajstić information content (AvgIpc) is 2.54. The maximum atomic E-state index is 9.44. The molecule has 1 aliphatic heterocycles. The molecule has 0 spiro atoms. The largest absolute Gasteiger partial charge is 0.359 e. The minimum Gasteiger partial charge on any atom is -0.359 e. The van der Waals surface area contributed by atoms with Crippen LogP contribution < -0.4 is 0 Å². The normalized spacial score (nSPS) is 18.7. The first-order valence-corrected chi connectivity index (χ1v) is 7.46. The molecule has 1 atom stereocenters. The third-order valence-electron chi connectivity index (χ3n) is 3.77. The first kappa shape index (κ1) is 16.6. The molecule has 4 nitrogen and oxygen atoms in total. The molecule has 0 radical (unpaired) electrons. The van der Waals surface area contributed by atoms with Crippen molar-refractivity contribution in [2.45, 2.75) is 19.9 Å². The van der Waals surface area contributed by atoms with Crippen molar-refractivity contribution in [3.05, 3.63) is 52.6 Å². The van der Waals surface area contributed by atoms with E-state index >= 15 is 0 Å². The smallest absolute Gasteiger partial charge is 0.146 e. The third kappa shape index (κ3) is 3.20. The van der Waals surface area contributed by atoms with Crippen LogP contribution in [0.15, 0.2) is 47.1 Å². The van der Waals surface area contributed by atoms with Crippen molar-refractivity contribution in [3.63, 3.8) is 0 Å². The Kier molecular flexibility index (Phi) is 5.67. The SMILES string of the molecule is COCOCC1=C(c2ccccc2)N(S)C(C)C(C#N)=C1C. The molecule has 116 valence electrons. The predicted molar refractivity (Wildman–Crippen MR) is 89.8 cm³/mol. The molecule has 2 rings (SSSR count). The lowest BCUT2D eigenvalue weighted by atomic mass is 9.90. The zero-order chi connectivity index (χ0) is 16.1. The number of hydrogen-bond acceptors (Lipinski definition) is 5. The van der Waals surface area contributed by atoms with Crippen molar-refractivity contribution >= 4 is 18.5 Å². The molecule has 0 saturated heterocycles. The van der Waals surface area contributed by atoms with Crippen molar-refractivity contribution in [2.24, 2.45) is 0 Å². The molecule has 22 heavy (non-hydrogen) atoms. The molecule has 0 saturated carbocycles. The Morgan fingerprint density at radius 2 is 2.00 bits per heavy atom. The van der Waals surface area contributed by atoms with E-state index in [1.807, 2.05) is 48.5 Å². The minimum absolute atomic E-state index is 0.0882. The maximum absolute atomic E-state index is 9.44. The summed E-state index contributed by atoms with van der Waals surface area (Å²) >= 11 is 4.62. The Morgan fingerprint density at radius 3 is 2.59 bits per heavy atom. The standard InChI is InChI=1S/C17H20N2O2S/c1-12-15(9-18)13(2)19(22)17(14-7-5-4-6-8-14)16(12)10-21-11-20-3/h4-8,13,22H,10-11H2,1-3H3. The Hall–Kier alpha value is -1.74. The van der Waals surface area contributed by atoms with Gasteiger partial charge in [0.15, 0.2) is 0 Å². The molecule has 0 aromatic heterocycles. The Labute approximate surface area is 137 Å². The lowest BCUT2D eigenvalue weighted by molar-refractivity contribution is -0.0207. The second kappa shape index (κ2) is 7.50. The number of methoxy groups -OCH3 is 1. The highest BCUT2D eigenvalue weighted by atomic mass is 32.1. The van der Waals surface area contributed by atoms with Gasteiger partial charge >= 0.3 is 0 Å². The van der Waals surface area contributed by atoms with Gasteiger partial charge < -0.3 is 13.8 Å². The van der Waals surface area contributed by atoms with Crippen molar-refractivity contribution < 1.29 is 9.47 Å². The Balaban J connectivity index is 2.54. The molecule has 1 heterocycles. The van der Waals surface area contributed by atoms with Crippen LogP contribution in [-0.2, 0) is 9.47 Å². The molecule has 1 aliphatic rings. The first-order chi connectivity index (χ1) is 10.6. The van der Waals surface area contributed by atoms with Crippen LogP contribution >= 0.6 is 12.8 Å². The number of hydrogen-bond donors (Lipinski definition) is 1. The number of nitriles is 1. The molecule has 0 amide bonds. The van der Waals surface area contributed by atoms with Crippen LogP contribution in [0.5, 0.6) is 0 Å². The third-order valence-corrected chi connectivity index (χ3v) is 4.32. The summed E-state index contributed by atoms with van der Waals surface area (Å²) in [7, 11) is 1.59. The van der Waals surface area contributed by atoms with Crippen molar-refractivity contribution in [2.75, 3.05) is 20.5 Å². The highest BCUT2D eigenvalue weighted by Crippen LogP contribution is 2.38. The maximum Gasteiger partial charge on any atom is 0.146 e. The second-order valence-electron chi connectivity index (χ2n) is 5.12. The molecule has 0 bridgehead atoms. The van der Waals surface area contributed by atoms with Crippen LogP contribution in [0.2, 0.25) is 0 Å². The Morgan fingerprint density at radius 1 is 1.32 bits per heavy atom. The topological polar surface area (TPSA) is 45.5 Å². The van der Waals surface area contributed by atoms with Crippen LogP contribution in [0.3, 0.4) is 0 Å². The fourth-order valence-electron chi connectivity index (χ4n) is 2.59. The number of benzene rings is 1.